The van der Waals surface area contributed by atoms with Crippen molar-refractivity contribution in [3.8, 4) is 5.75 Å². The molecule has 0 spiro atoms. The van der Waals surface area contributed by atoms with Gasteiger partial charge in [0.25, 0.3) is 0 Å². The van der Waals surface area contributed by atoms with Crippen molar-refractivity contribution in [1.82, 2.24) is 69.1 Å². The largest absolute Gasteiger partial charge is 0.508 e. The van der Waals surface area contributed by atoms with E-state index in [9.17, 15) is 102 Å². The summed E-state index contributed by atoms with van der Waals surface area (Å²) in [6, 6.07) is -15.2. The smallest absolute Gasteiger partial charge is 0.326 e. The summed E-state index contributed by atoms with van der Waals surface area (Å²) >= 11 is 0. The standard InChI is InChI=1S/C70H120N18O21/c1-35(2)53(87-68(106)55(37(5)6)85-63(101)47(27-28-51(91)92)80-60(98)44(19-11-15-29-71)79-64(102)50(34-52(93)94)83-57(95)38(7)75)66(104)77-39(8)58(96)76-40(9)59(97)88-56(41(10)89)69(107)84-49(33-42-23-25-43(90)26-24-42)65(103)86-54(36(3)4)67(105)81-46(21-13-17-31-73)61(99)78-45(20-12-16-30-72)62(100)82-48(70(108)109)22-14-18-32-74/h23-26,35-41,44-50,53-56,89-90H,11-22,27-34,71-75H2,1-10H3,(H,76,96)(H,77,104)(H,78,99)(H,79,102)(H,80,98)(H,81,105)(H,82,100)(H,83,95)(H,84,107)(H,85,101)(H,86,103)(H,87,106)(H,88,97)(H,91,92)(H,93,94)(H,108,109)/t38-,39-,40-,41+,44-,45-,46-,47-,48-,49-,50-,53-,54-,55-,56-/m0/s1. The van der Waals surface area contributed by atoms with Crippen molar-refractivity contribution in [2.75, 3.05) is 26.2 Å². The number of carboxylic acids is 3. The first-order valence-electron chi connectivity index (χ1n) is 36.8. The lowest BCUT2D eigenvalue weighted by Gasteiger charge is -2.30. The van der Waals surface area contributed by atoms with Crippen LogP contribution in [0.2, 0.25) is 0 Å². The lowest BCUT2D eigenvalue weighted by atomic mass is 9.98. The average molecular weight is 1550 g/mol. The lowest BCUT2D eigenvalue weighted by molar-refractivity contribution is -0.142. The molecule has 0 aromatic heterocycles. The molecular formula is C70H120N18O21. The number of carbonyl (C=O) groups excluding carboxylic acids is 13. The molecule has 0 saturated heterocycles. The van der Waals surface area contributed by atoms with Crippen molar-refractivity contribution in [2.24, 2.45) is 46.4 Å². The fraction of sp³-hybridized carbons (Fsp3) is 0.686. The van der Waals surface area contributed by atoms with Crippen LogP contribution in [0.4, 0.5) is 0 Å². The Balaban J connectivity index is 3.46. The first kappa shape index (κ1) is 97.3. The molecule has 13 amide bonds. The van der Waals surface area contributed by atoms with E-state index in [0.29, 0.717) is 57.1 Å². The molecule has 15 atom stereocenters. The van der Waals surface area contributed by atoms with Gasteiger partial charge in [0.05, 0.1) is 18.6 Å². The van der Waals surface area contributed by atoms with E-state index in [1.54, 1.807) is 13.8 Å². The molecule has 0 bridgehead atoms. The fourth-order valence-electron chi connectivity index (χ4n) is 10.8. The zero-order valence-electron chi connectivity index (χ0n) is 64.0. The molecule has 1 rings (SSSR count). The number of nitrogens with two attached hydrogens (primary N) is 5. The van der Waals surface area contributed by atoms with E-state index in [0.717, 1.165) is 6.92 Å². The summed E-state index contributed by atoms with van der Waals surface area (Å²) in [6.07, 6.45) is -1.14. The Kier molecular flexibility index (Phi) is 45.4. The predicted octanol–water partition coefficient (Wildman–Crippen LogP) is -5.09. The third-order valence-electron chi connectivity index (χ3n) is 17.3. The number of aliphatic hydroxyl groups excluding tert-OH is 1. The molecule has 0 heterocycles. The van der Waals surface area contributed by atoms with Gasteiger partial charge in [-0.15, -0.1) is 0 Å². The maximum absolute atomic E-state index is 14.5. The molecule has 0 aliphatic carbocycles. The molecule has 0 aliphatic heterocycles. The molecule has 0 aliphatic rings. The quantitative estimate of drug-likeness (QED) is 0.0271. The van der Waals surface area contributed by atoms with E-state index in [4.69, 9.17) is 28.7 Å². The second kappa shape index (κ2) is 50.8. The van der Waals surface area contributed by atoms with Gasteiger partial charge >= 0.3 is 17.9 Å². The van der Waals surface area contributed by atoms with Gasteiger partial charge in [0, 0.05) is 12.8 Å². The Morgan fingerprint density at radius 2 is 0.624 bits per heavy atom. The highest BCUT2D eigenvalue weighted by molar-refractivity contribution is 6.00. The van der Waals surface area contributed by atoms with Gasteiger partial charge < -0.3 is 123 Å². The van der Waals surface area contributed by atoms with Gasteiger partial charge in [0.1, 0.15) is 84.3 Å². The number of aromatic hydroxyl groups is 1. The second-order valence-corrected chi connectivity index (χ2v) is 28.0. The van der Waals surface area contributed by atoms with Crippen LogP contribution in [0.15, 0.2) is 24.3 Å². The highest BCUT2D eigenvalue weighted by atomic mass is 16.4. The van der Waals surface area contributed by atoms with Crippen molar-refractivity contribution < 1.29 is 102 Å². The van der Waals surface area contributed by atoms with Crippen molar-refractivity contribution in [2.45, 2.75) is 263 Å². The number of carbonyl (C=O) groups is 16. The normalized spacial score (nSPS) is 15.4. The minimum atomic E-state index is -1.84. The zero-order valence-corrected chi connectivity index (χ0v) is 64.0. The number of hydrogen-bond acceptors (Lipinski definition) is 23. The SMILES string of the molecule is CC(C)[C@H](NC(=O)[C@H](Cc1ccc(O)cc1)NC(=O)[C@@H](NC(=O)[C@H](C)NC(=O)[C@H](C)NC(=O)[C@@H](NC(=O)[C@@H](NC(=O)[C@H](CCC(=O)O)NC(=O)[C@H](CCCCN)NC(=O)[C@H](CC(=O)O)NC(=O)[C@H](C)N)C(C)C)C(C)C)[C@@H](C)O)C(=O)N[C@@H](CCCCN)C(=O)N[C@@H](CCCCN)C(=O)N[C@@H](CCCCN)C(=O)O. The molecule has 0 radical (unpaired) electrons. The van der Waals surface area contributed by atoms with Crippen LogP contribution in [0.3, 0.4) is 0 Å². The van der Waals surface area contributed by atoms with Gasteiger partial charge in [0.15, 0.2) is 0 Å². The van der Waals surface area contributed by atoms with Crippen LogP contribution in [0, 0.1) is 17.8 Å². The van der Waals surface area contributed by atoms with E-state index in [1.165, 1.54) is 72.7 Å². The molecule has 0 fully saturated rings. The van der Waals surface area contributed by atoms with Crippen molar-refractivity contribution in [3.05, 3.63) is 29.8 Å². The van der Waals surface area contributed by atoms with Crippen LogP contribution in [0.5, 0.6) is 5.75 Å². The van der Waals surface area contributed by atoms with Crippen molar-refractivity contribution in [3.63, 3.8) is 0 Å². The Labute approximate surface area is 634 Å². The molecule has 1 aromatic carbocycles. The molecule has 0 saturated carbocycles. The minimum Gasteiger partial charge on any atom is -0.508 e. The summed E-state index contributed by atoms with van der Waals surface area (Å²) in [5.41, 5.74) is 28.7. The number of phenols is 1. The van der Waals surface area contributed by atoms with Gasteiger partial charge in [-0.2, -0.15) is 0 Å². The molecule has 39 nitrogen and oxygen atoms in total. The van der Waals surface area contributed by atoms with Gasteiger partial charge in [-0.1, -0.05) is 53.7 Å². The predicted molar refractivity (Wildman–Crippen MR) is 396 cm³/mol. The first-order valence-corrected chi connectivity index (χ1v) is 36.8. The van der Waals surface area contributed by atoms with E-state index in [1.807, 2.05) is 0 Å². The maximum Gasteiger partial charge on any atom is 0.326 e. The van der Waals surface area contributed by atoms with Gasteiger partial charge in [-0.05, 0) is 173 Å². The second-order valence-electron chi connectivity index (χ2n) is 28.0. The summed E-state index contributed by atoms with van der Waals surface area (Å²) in [5, 5.41) is 82.2. The summed E-state index contributed by atoms with van der Waals surface area (Å²) in [5.74, 6) is -19.1. The van der Waals surface area contributed by atoms with Gasteiger partial charge in [0.2, 0.25) is 76.8 Å². The monoisotopic (exact) mass is 1550 g/mol. The van der Waals surface area contributed by atoms with Crippen molar-refractivity contribution >= 4 is 94.7 Å². The molecule has 39 heteroatoms. The van der Waals surface area contributed by atoms with Crippen LogP contribution in [-0.2, 0) is 83.1 Å². The molecular weight excluding hydrogens is 1430 g/mol. The Morgan fingerprint density at radius 1 is 0.330 bits per heavy atom. The number of rotatable bonds is 54. The summed E-state index contributed by atoms with van der Waals surface area (Å²) in [4.78, 5) is 216. The van der Waals surface area contributed by atoms with E-state index < -0.39 is 222 Å². The van der Waals surface area contributed by atoms with Crippen LogP contribution in [0.25, 0.3) is 0 Å². The lowest BCUT2D eigenvalue weighted by Crippen LogP contribution is -2.62. The Bertz CT molecular complexity index is 3180. The number of aliphatic hydroxyl groups is 1. The zero-order chi connectivity index (χ0) is 82.9. The maximum atomic E-state index is 14.5. The summed E-state index contributed by atoms with van der Waals surface area (Å²) in [6.45, 7) is 15.1. The molecule has 109 heavy (non-hydrogen) atoms. The molecule has 616 valence electrons. The minimum absolute atomic E-state index is 0.00569. The summed E-state index contributed by atoms with van der Waals surface area (Å²) in [7, 11) is 0. The highest BCUT2D eigenvalue weighted by Gasteiger charge is 2.39. The third-order valence-corrected chi connectivity index (χ3v) is 17.3. The van der Waals surface area contributed by atoms with Gasteiger partial charge in [-0.25, -0.2) is 4.79 Å². The molecule has 1 aromatic rings. The highest BCUT2D eigenvalue weighted by Crippen LogP contribution is 2.16. The molecule has 0 unspecified atom stereocenters. The number of amides is 13. The Morgan fingerprint density at radius 3 is 1.00 bits per heavy atom. The number of hydrogen-bond donors (Lipinski definition) is 23. The average Bonchev–Trinajstić information content (AvgIpc) is 0.844. The van der Waals surface area contributed by atoms with Crippen LogP contribution < -0.4 is 97.8 Å². The number of carboxylic acid groups (broad SMARTS) is 3. The number of nitrogens with one attached hydrogen (secondary N) is 13. The number of phenolic OH excluding ortho intramolecular Hbond substituents is 1. The fourth-order valence-corrected chi connectivity index (χ4v) is 10.8. The van der Waals surface area contributed by atoms with E-state index in [2.05, 4.69) is 69.1 Å². The van der Waals surface area contributed by atoms with Crippen LogP contribution >= 0.6 is 0 Å². The van der Waals surface area contributed by atoms with E-state index >= 15 is 0 Å². The van der Waals surface area contributed by atoms with Crippen molar-refractivity contribution in [1.29, 1.82) is 0 Å². The summed E-state index contributed by atoms with van der Waals surface area (Å²) < 4.78 is 0. The van der Waals surface area contributed by atoms with E-state index in [-0.39, 0.29) is 63.9 Å². The van der Waals surface area contributed by atoms with Gasteiger partial charge in [-0.3, -0.25) is 71.9 Å². The third kappa shape index (κ3) is 36.8. The van der Waals surface area contributed by atoms with Crippen LogP contribution in [-0.4, -0.2) is 237 Å². The number of unbranched alkanes of at least 4 members (excludes halogenated alkanes) is 4. The first-order chi connectivity index (χ1) is 51.1. The topological polar surface area (TPSA) is 661 Å². The van der Waals surface area contributed by atoms with Crippen LogP contribution in [0.1, 0.15) is 171 Å². The molecule has 28 N–H and O–H groups in total. The number of benzene rings is 1. The Hall–Kier alpha value is -9.70. The number of aliphatic carboxylic acids is 3.